The molecule has 0 aromatic heterocycles. The Bertz CT molecular complexity index is 829. The third-order valence-electron chi connectivity index (χ3n) is 5.22. The molecule has 5 heteroatoms. The van der Waals surface area contributed by atoms with Gasteiger partial charge < -0.3 is 25.2 Å². The fourth-order valence-corrected chi connectivity index (χ4v) is 3.75. The number of hydrogen-bond donors (Lipinski definition) is 4. The fourth-order valence-electron chi connectivity index (χ4n) is 3.75. The SMILES string of the molecule is COc1cc(/C2=C/CCCCc3c2ccc(CO)c3O)cc(CO)c1CO. The number of aliphatic hydroxyl groups is 3. The quantitative estimate of drug-likeness (QED) is 0.650. The molecule has 0 radical (unpaired) electrons. The number of aliphatic hydroxyl groups excluding tert-OH is 3. The van der Waals surface area contributed by atoms with Crippen molar-refractivity contribution in [1.29, 1.82) is 0 Å². The lowest BCUT2D eigenvalue weighted by atomic mass is 9.85. The zero-order chi connectivity index (χ0) is 19.4. The normalized spacial score (nSPS) is 16.1. The van der Waals surface area contributed by atoms with Crippen molar-refractivity contribution in [3.63, 3.8) is 0 Å². The van der Waals surface area contributed by atoms with E-state index < -0.39 is 0 Å². The van der Waals surface area contributed by atoms with Crippen LogP contribution in [0.4, 0.5) is 0 Å². The van der Waals surface area contributed by atoms with Crippen LogP contribution in [-0.2, 0) is 26.2 Å². The van der Waals surface area contributed by atoms with Gasteiger partial charge in [0, 0.05) is 16.7 Å². The number of hydrogen-bond acceptors (Lipinski definition) is 5. The second kappa shape index (κ2) is 8.57. The van der Waals surface area contributed by atoms with E-state index in [0.717, 1.165) is 47.9 Å². The fraction of sp³-hybridized carbons (Fsp3) is 0.364. The van der Waals surface area contributed by atoms with Gasteiger partial charge in [-0.1, -0.05) is 18.2 Å². The van der Waals surface area contributed by atoms with Gasteiger partial charge in [-0.25, -0.2) is 0 Å². The van der Waals surface area contributed by atoms with E-state index in [-0.39, 0.29) is 25.6 Å². The Morgan fingerprint density at radius 3 is 2.41 bits per heavy atom. The minimum absolute atomic E-state index is 0.157. The van der Waals surface area contributed by atoms with Gasteiger partial charge >= 0.3 is 0 Å². The molecular formula is C22H26O5. The number of methoxy groups -OCH3 is 1. The van der Waals surface area contributed by atoms with Crippen molar-refractivity contribution in [2.24, 2.45) is 0 Å². The Morgan fingerprint density at radius 1 is 0.963 bits per heavy atom. The molecule has 144 valence electrons. The highest BCUT2D eigenvalue weighted by Crippen LogP contribution is 2.38. The Hall–Kier alpha value is -2.34. The maximum Gasteiger partial charge on any atom is 0.125 e. The smallest absolute Gasteiger partial charge is 0.125 e. The number of phenols is 1. The lowest BCUT2D eigenvalue weighted by Crippen LogP contribution is -2.04. The molecule has 4 N–H and O–H groups in total. The summed E-state index contributed by atoms with van der Waals surface area (Å²) < 4.78 is 5.43. The van der Waals surface area contributed by atoms with Crippen molar-refractivity contribution in [3.05, 3.63) is 63.7 Å². The van der Waals surface area contributed by atoms with E-state index in [1.54, 1.807) is 13.2 Å². The molecule has 0 atom stereocenters. The molecule has 5 nitrogen and oxygen atoms in total. The number of fused-ring (bicyclic) bond motifs is 1. The van der Waals surface area contributed by atoms with Crippen molar-refractivity contribution < 1.29 is 25.2 Å². The first-order valence-corrected chi connectivity index (χ1v) is 9.21. The van der Waals surface area contributed by atoms with Gasteiger partial charge in [0.2, 0.25) is 0 Å². The number of aromatic hydroxyl groups is 1. The first kappa shape index (κ1) is 19.4. The van der Waals surface area contributed by atoms with Crippen LogP contribution in [0.3, 0.4) is 0 Å². The number of ether oxygens (including phenoxy) is 1. The molecule has 3 rings (SSSR count). The Kier molecular flexibility index (Phi) is 6.16. The van der Waals surface area contributed by atoms with Crippen LogP contribution >= 0.6 is 0 Å². The van der Waals surface area contributed by atoms with Crippen molar-refractivity contribution in [2.45, 2.75) is 45.5 Å². The molecule has 1 aliphatic rings. The van der Waals surface area contributed by atoms with Gasteiger partial charge in [-0.15, -0.1) is 0 Å². The highest BCUT2D eigenvalue weighted by atomic mass is 16.5. The zero-order valence-electron chi connectivity index (χ0n) is 15.5. The summed E-state index contributed by atoms with van der Waals surface area (Å²) in [6, 6.07) is 7.40. The minimum atomic E-state index is -0.213. The molecule has 0 amide bonds. The Labute approximate surface area is 159 Å². The molecule has 0 heterocycles. The monoisotopic (exact) mass is 370 g/mol. The molecule has 27 heavy (non-hydrogen) atoms. The molecule has 0 saturated heterocycles. The molecule has 0 bridgehead atoms. The van der Waals surface area contributed by atoms with Crippen LogP contribution in [-0.4, -0.2) is 27.5 Å². The van der Waals surface area contributed by atoms with Crippen LogP contribution in [0, 0.1) is 0 Å². The van der Waals surface area contributed by atoms with E-state index in [9.17, 15) is 20.4 Å². The Balaban J connectivity index is 2.21. The van der Waals surface area contributed by atoms with Gasteiger partial charge in [-0.05, 0) is 60.1 Å². The van der Waals surface area contributed by atoms with Gasteiger partial charge in [0.05, 0.1) is 26.9 Å². The largest absolute Gasteiger partial charge is 0.507 e. The Morgan fingerprint density at radius 2 is 1.74 bits per heavy atom. The van der Waals surface area contributed by atoms with E-state index in [2.05, 4.69) is 6.08 Å². The standard InChI is InChI=1S/C22H26O5/c1-27-21-10-15(9-16(12-24)20(21)13-25)17-5-3-2-4-6-19-18(17)8-7-14(11-23)22(19)26/h5,7-10,23-26H,2-4,6,11-13H2,1H3/b17-5-. The molecule has 0 fully saturated rings. The third kappa shape index (κ3) is 3.72. The van der Waals surface area contributed by atoms with Crippen LogP contribution in [0.5, 0.6) is 11.5 Å². The van der Waals surface area contributed by atoms with Crippen LogP contribution in [0.25, 0.3) is 5.57 Å². The summed E-state index contributed by atoms with van der Waals surface area (Å²) in [5, 5.41) is 39.5. The molecule has 0 aliphatic heterocycles. The average Bonchev–Trinajstić information content (AvgIpc) is 2.68. The maximum absolute atomic E-state index is 10.6. The summed E-state index contributed by atoms with van der Waals surface area (Å²) in [5.41, 5.74) is 5.31. The second-order valence-electron chi connectivity index (χ2n) is 6.75. The number of benzene rings is 2. The van der Waals surface area contributed by atoms with Crippen molar-refractivity contribution in [3.8, 4) is 11.5 Å². The lowest BCUT2D eigenvalue weighted by Gasteiger charge is -2.21. The summed E-state index contributed by atoms with van der Waals surface area (Å²) in [4.78, 5) is 0. The predicted octanol–water partition coefficient (Wildman–Crippen LogP) is 3.04. The van der Waals surface area contributed by atoms with E-state index in [1.165, 1.54) is 0 Å². The van der Waals surface area contributed by atoms with Crippen LogP contribution in [0.1, 0.15) is 52.6 Å². The molecule has 0 saturated carbocycles. The second-order valence-corrected chi connectivity index (χ2v) is 6.75. The van der Waals surface area contributed by atoms with Gasteiger partial charge in [-0.3, -0.25) is 0 Å². The number of allylic oxidation sites excluding steroid dienone is 1. The van der Waals surface area contributed by atoms with Crippen molar-refractivity contribution in [1.82, 2.24) is 0 Å². The summed E-state index contributed by atoms with van der Waals surface area (Å²) >= 11 is 0. The van der Waals surface area contributed by atoms with Crippen LogP contribution in [0.15, 0.2) is 30.3 Å². The summed E-state index contributed by atoms with van der Waals surface area (Å²) in [7, 11) is 1.54. The van der Waals surface area contributed by atoms with Crippen LogP contribution < -0.4 is 4.74 Å². The number of rotatable bonds is 5. The molecule has 0 unspecified atom stereocenters. The van der Waals surface area contributed by atoms with E-state index in [4.69, 9.17) is 4.74 Å². The van der Waals surface area contributed by atoms with Crippen LogP contribution in [0.2, 0.25) is 0 Å². The molecular weight excluding hydrogens is 344 g/mol. The van der Waals surface area contributed by atoms with E-state index in [0.29, 0.717) is 22.4 Å². The summed E-state index contributed by atoms with van der Waals surface area (Å²) in [5.74, 6) is 0.684. The van der Waals surface area contributed by atoms with Gasteiger partial charge in [-0.2, -0.15) is 0 Å². The molecule has 0 spiro atoms. The van der Waals surface area contributed by atoms with E-state index >= 15 is 0 Å². The average molecular weight is 370 g/mol. The predicted molar refractivity (Wildman–Crippen MR) is 104 cm³/mol. The van der Waals surface area contributed by atoms with Gasteiger partial charge in [0.15, 0.2) is 0 Å². The summed E-state index contributed by atoms with van der Waals surface area (Å²) in [6.45, 7) is -0.615. The topological polar surface area (TPSA) is 90.2 Å². The third-order valence-corrected chi connectivity index (χ3v) is 5.22. The summed E-state index contributed by atoms with van der Waals surface area (Å²) in [6.07, 6.45) is 5.77. The minimum Gasteiger partial charge on any atom is -0.507 e. The highest BCUT2D eigenvalue weighted by molar-refractivity contribution is 5.84. The molecule has 1 aliphatic carbocycles. The van der Waals surface area contributed by atoms with Gasteiger partial charge in [0.1, 0.15) is 11.5 Å². The van der Waals surface area contributed by atoms with Gasteiger partial charge in [0.25, 0.3) is 0 Å². The first-order chi connectivity index (χ1) is 13.1. The van der Waals surface area contributed by atoms with Crippen molar-refractivity contribution in [2.75, 3.05) is 7.11 Å². The van der Waals surface area contributed by atoms with E-state index in [1.807, 2.05) is 18.2 Å². The maximum atomic E-state index is 10.6. The first-order valence-electron chi connectivity index (χ1n) is 9.21. The van der Waals surface area contributed by atoms with Crippen molar-refractivity contribution >= 4 is 5.57 Å². The molecule has 2 aromatic carbocycles. The lowest BCUT2D eigenvalue weighted by molar-refractivity contribution is 0.254. The molecule has 2 aromatic rings. The zero-order valence-corrected chi connectivity index (χ0v) is 15.5. The highest BCUT2D eigenvalue weighted by Gasteiger charge is 2.20.